The summed E-state index contributed by atoms with van der Waals surface area (Å²) in [5, 5.41) is 1.95. The summed E-state index contributed by atoms with van der Waals surface area (Å²) in [6.45, 7) is 1.86. The molecular formula is C26H25N3O2S. The van der Waals surface area contributed by atoms with E-state index in [9.17, 15) is 9.59 Å². The van der Waals surface area contributed by atoms with E-state index in [2.05, 4.69) is 34.1 Å². The van der Waals surface area contributed by atoms with Gasteiger partial charge in [0, 0.05) is 30.4 Å². The lowest BCUT2D eigenvalue weighted by Crippen LogP contribution is -2.38. The van der Waals surface area contributed by atoms with Gasteiger partial charge in [-0.2, -0.15) is 0 Å². The fraction of sp³-hybridized carbons (Fsp3) is 0.269. The van der Waals surface area contributed by atoms with Gasteiger partial charge >= 0.3 is 0 Å². The molecule has 1 aromatic carbocycles. The maximum atomic E-state index is 13.5. The molecule has 1 fully saturated rings. The van der Waals surface area contributed by atoms with E-state index >= 15 is 0 Å². The van der Waals surface area contributed by atoms with Gasteiger partial charge in [-0.15, -0.1) is 11.3 Å². The number of hydrogen-bond acceptors (Lipinski definition) is 5. The molecule has 2 aliphatic heterocycles. The zero-order chi connectivity index (χ0) is 21.9. The van der Waals surface area contributed by atoms with Gasteiger partial charge < -0.3 is 4.90 Å². The molecule has 2 amide bonds. The van der Waals surface area contributed by atoms with E-state index in [-0.39, 0.29) is 18.4 Å². The standard InChI is InChI=1S/C26H25N3O2S/c30-25-23(22-7-4-16-32-22)24(26(31)29(25)18-21-8-12-27-13-9-21)28-14-10-20(11-15-28)17-19-5-2-1-3-6-19/h1-9,12-13,16,20H,10-11,14-15,17-18H2. The third-order valence-electron chi connectivity index (χ3n) is 6.30. The Kier molecular flexibility index (Phi) is 5.86. The summed E-state index contributed by atoms with van der Waals surface area (Å²) in [5.74, 6) is 0.215. The predicted molar refractivity (Wildman–Crippen MR) is 125 cm³/mol. The lowest BCUT2D eigenvalue weighted by Gasteiger charge is -2.34. The molecule has 2 aliphatic rings. The molecule has 1 saturated heterocycles. The van der Waals surface area contributed by atoms with Gasteiger partial charge in [-0.3, -0.25) is 19.5 Å². The van der Waals surface area contributed by atoms with Crippen LogP contribution in [0, 0.1) is 5.92 Å². The van der Waals surface area contributed by atoms with Crippen LogP contribution in [0.4, 0.5) is 0 Å². The second-order valence-corrected chi connectivity index (χ2v) is 9.32. The first-order valence-corrected chi connectivity index (χ1v) is 11.9. The van der Waals surface area contributed by atoms with Crippen LogP contribution < -0.4 is 0 Å². The molecule has 0 bridgehead atoms. The molecule has 4 heterocycles. The predicted octanol–water partition coefficient (Wildman–Crippen LogP) is 4.38. The molecule has 0 radical (unpaired) electrons. The number of amides is 2. The van der Waals surface area contributed by atoms with Gasteiger partial charge in [-0.05, 0) is 59.9 Å². The molecule has 2 aromatic heterocycles. The molecule has 6 heteroatoms. The fourth-order valence-electron chi connectivity index (χ4n) is 4.62. The SMILES string of the molecule is O=C1C(c2cccs2)=C(N2CCC(Cc3ccccc3)CC2)C(=O)N1Cc1ccncc1. The van der Waals surface area contributed by atoms with E-state index < -0.39 is 0 Å². The molecule has 3 aromatic rings. The zero-order valence-electron chi connectivity index (χ0n) is 17.8. The summed E-state index contributed by atoms with van der Waals surface area (Å²) in [6, 6.07) is 18.1. The molecule has 0 unspecified atom stereocenters. The van der Waals surface area contributed by atoms with Crippen molar-refractivity contribution in [3.05, 3.63) is 94.1 Å². The maximum Gasteiger partial charge on any atom is 0.278 e. The maximum absolute atomic E-state index is 13.5. The molecule has 32 heavy (non-hydrogen) atoms. The van der Waals surface area contributed by atoms with Gasteiger partial charge in [0.25, 0.3) is 11.8 Å². The monoisotopic (exact) mass is 443 g/mol. The van der Waals surface area contributed by atoms with Gasteiger partial charge in [0.05, 0.1) is 12.1 Å². The first-order valence-electron chi connectivity index (χ1n) is 11.0. The van der Waals surface area contributed by atoms with E-state index in [0.717, 1.165) is 42.8 Å². The summed E-state index contributed by atoms with van der Waals surface area (Å²) in [5.41, 5.74) is 3.39. The summed E-state index contributed by atoms with van der Waals surface area (Å²) in [6.07, 6.45) is 6.47. The van der Waals surface area contributed by atoms with Crippen LogP contribution in [-0.2, 0) is 22.6 Å². The van der Waals surface area contributed by atoms with Crippen molar-refractivity contribution in [2.24, 2.45) is 5.92 Å². The van der Waals surface area contributed by atoms with Crippen molar-refractivity contribution in [3.8, 4) is 0 Å². The number of benzene rings is 1. The highest BCUT2D eigenvalue weighted by Gasteiger charge is 2.42. The Hall–Kier alpha value is -3.25. The number of imide groups is 1. The van der Waals surface area contributed by atoms with Crippen molar-refractivity contribution < 1.29 is 9.59 Å². The third-order valence-corrected chi connectivity index (χ3v) is 7.19. The smallest absolute Gasteiger partial charge is 0.278 e. The van der Waals surface area contributed by atoms with Gasteiger partial charge in [-0.1, -0.05) is 36.4 Å². The Labute approximate surface area is 192 Å². The average Bonchev–Trinajstić information content (AvgIpc) is 3.44. The van der Waals surface area contributed by atoms with Gasteiger partial charge in [0.15, 0.2) is 0 Å². The van der Waals surface area contributed by atoms with Crippen molar-refractivity contribution in [2.75, 3.05) is 13.1 Å². The Morgan fingerprint density at radius 3 is 2.31 bits per heavy atom. The number of pyridine rings is 1. The van der Waals surface area contributed by atoms with E-state index in [1.165, 1.54) is 21.8 Å². The molecule has 0 saturated carbocycles. The van der Waals surface area contributed by atoms with Gasteiger partial charge in [0.2, 0.25) is 0 Å². The molecule has 5 nitrogen and oxygen atoms in total. The second-order valence-electron chi connectivity index (χ2n) is 8.37. The van der Waals surface area contributed by atoms with Gasteiger partial charge in [0.1, 0.15) is 5.70 Å². The molecule has 0 spiro atoms. The Morgan fingerprint density at radius 2 is 1.62 bits per heavy atom. The van der Waals surface area contributed by atoms with Crippen LogP contribution in [0.1, 0.15) is 28.8 Å². The van der Waals surface area contributed by atoms with Crippen molar-refractivity contribution in [2.45, 2.75) is 25.8 Å². The third kappa shape index (κ3) is 4.10. The number of likely N-dealkylation sites (tertiary alicyclic amines) is 1. The van der Waals surface area contributed by atoms with Crippen LogP contribution in [0.25, 0.3) is 5.57 Å². The number of piperidine rings is 1. The number of nitrogens with zero attached hydrogens (tertiary/aromatic N) is 3. The summed E-state index contributed by atoms with van der Waals surface area (Å²) < 4.78 is 0. The first-order chi connectivity index (χ1) is 15.7. The van der Waals surface area contributed by atoms with E-state index in [1.54, 1.807) is 12.4 Å². The number of carbonyl (C=O) groups is 2. The minimum atomic E-state index is -0.198. The van der Waals surface area contributed by atoms with E-state index in [1.807, 2.05) is 35.7 Å². The Bertz CT molecular complexity index is 1120. The minimum absolute atomic E-state index is 0.184. The number of aromatic nitrogens is 1. The normalized spacial score (nSPS) is 17.5. The number of carbonyl (C=O) groups excluding carboxylic acids is 2. The van der Waals surface area contributed by atoms with Crippen LogP contribution in [0.5, 0.6) is 0 Å². The van der Waals surface area contributed by atoms with Crippen molar-refractivity contribution >= 4 is 28.7 Å². The second kappa shape index (κ2) is 9.09. The zero-order valence-corrected chi connectivity index (χ0v) is 18.6. The van der Waals surface area contributed by atoms with E-state index in [4.69, 9.17) is 0 Å². The molecule has 0 atom stereocenters. The van der Waals surface area contributed by atoms with Crippen LogP contribution >= 0.6 is 11.3 Å². The average molecular weight is 444 g/mol. The van der Waals surface area contributed by atoms with Crippen LogP contribution in [0.3, 0.4) is 0 Å². The molecule has 5 rings (SSSR count). The van der Waals surface area contributed by atoms with Crippen LogP contribution in [0.15, 0.2) is 78.1 Å². The molecular weight excluding hydrogens is 418 g/mol. The summed E-state index contributed by atoms with van der Waals surface area (Å²) in [4.78, 5) is 35.3. The lowest BCUT2D eigenvalue weighted by atomic mass is 9.90. The van der Waals surface area contributed by atoms with Crippen molar-refractivity contribution in [3.63, 3.8) is 0 Å². The highest BCUT2D eigenvalue weighted by Crippen LogP contribution is 2.36. The highest BCUT2D eigenvalue weighted by molar-refractivity contribution is 7.11. The molecule has 0 aliphatic carbocycles. The van der Waals surface area contributed by atoms with Gasteiger partial charge in [-0.25, -0.2) is 0 Å². The van der Waals surface area contributed by atoms with Crippen molar-refractivity contribution in [1.29, 1.82) is 0 Å². The number of rotatable bonds is 6. The largest absolute Gasteiger partial charge is 0.366 e. The first kappa shape index (κ1) is 20.6. The van der Waals surface area contributed by atoms with E-state index in [0.29, 0.717) is 17.2 Å². The summed E-state index contributed by atoms with van der Waals surface area (Å²) >= 11 is 1.51. The van der Waals surface area contributed by atoms with Crippen LogP contribution in [0.2, 0.25) is 0 Å². The molecule has 0 N–H and O–H groups in total. The number of thiophene rings is 1. The highest BCUT2D eigenvalue weighted by atomic mass is 32.1. The lowest BCUT2D eigenvalue weighted by molar-refractivity contribution is -0.138. The fourth-order valence-corrected chi connectivity index (χ4v) is 5.38. The molecule has 162 valence electrons. The topological polar surface area (TPSA) is 53.5 Å². The number of hydrogen-bond donors (Lipinski definition) is 0. The van der Waals surface area contributed by atoms with Crippen molar-refractivity contribution in [1.82, 2.24) is 14.8 Å². The van der Waals surface area contributed by atoms with Crippen LogP contribution in [-0.4, -0.2) is 39.7 Å². The minimum Gasteiger partial charge on any atom is -0.366 e. The Balaban J connectivity index is 1.37. The quantitative estimate of drug-likeness (QED) is 0.531. The summed E-state index contributed by atoms with van der Waals surface area (Å²) in [7, 11) is 0. The Morgan fingerprint density at radius 1 is 0.875 bits per heavy atom.